The van der Waals surface area contributed by atoms with Crippen molar-refractivity contribution in [2.24, 2.45) is 0 Å². The number of allylic oxidation sites excluding steroid dienone is 1. The van der Waals surface area contributed by atoms with Gasteiger partial charge in [0.2, 0.25) is 0 Å². The number of thioether (sulfide) groups is 1. The Morgan fingerprint density at radius 3 is 2.67 bits per heavy atom. The molecule has 2 unspecified atom stereocenters. The summed E-state index contributed by atoms with van der Waals surface area (Å²) in [6.07, 6.45) is 4.42. The normalized spacial score (nSPS) is 27.8. The van der Waals surface area contributed by atoms with E-state index in [0.29, 0.717) is 0 Å². The van der Waals surface area contributed by atoms with Gasteiger partial charge in [0.1, 0.15) is 0 Å². The minimum Gasteiger partial charge on any atom is -0.143 e. The lowest BCUT2D eigenvalue weighted by molar-refractivity contribution is 1.11. The number of hydrogen-bond acceptors (Lipinski definition) is 1. The van der Waals surface area contributed by atoms with Crippen molar-refractivity contribution in [2.75, 3.05) is 0 Å². The van der Waals surface area contributed by atoms with Crippen molar-refractivity contribution in [3.05, 3.63) is 48.0 Å². The van der Waals surface area contributed by atoms with E-state index in [1.165, 1.54) is 5.56 Å². The van der Waals surface area contributed by atoms with Gasteiger partial charge in [0.05, 0.1) is 0 Å². The summed E-state index contributed by atoms with van der Waals surface area (Å²) >= 11 is 2.03. The first-order valence-electron chi connectivity index (χ1n) is 4.25. The zero-order valence-electron chi connectivity index (χ0n) is 7.10. The zero-order valence-corrected chi connectivity index (χ0v) is 7.92. The number of benzene rings is 1. The van der Waals surface area contributed by atoms with Crippen LogP contribution in [0.25, 0.3) is 0 Å². The van der Waals surface area contributed by atoms with Gasteiger partial charge >= 0.3 is 0 Å². The molecule has 2 atom stereocenters. The topological polar surface area (TPSA) is 0 Å². The van der Waals surface area contributed by atoms with Crippen molar-refractivity contribution in [3.8, 4) is 0 Å². The van der Waals surface area contributed by atoms with Crippen molar-refractivity contribution >= 4 is 11.8 Å². The van der Waals surface area contributed by atoms with Gasteiger partial charge < -0.3 is 0 Å². The third kappa shape index (κ3) is 1.56. The first-order chi connectivity index (χ1) is 5.92. The molecule has 1 fully saturated rings. The first-order valence-corrected chi connectivity index (χ1v) is 5.19. The predicted octanol–water partition coefficient (Wildman–Crippen LogP) is 3.42. The Bertz CT molecular complexity index is 276. The van der Waals surface area contributed by atoms with Crippen LogP contribution in [0.5, 0.6) is 0 Å². The van der Waals surface area contributed by atoms with Crippen LogP contribution in [0.4, 0.5) is 0 Å². The van der Waals surface area contributed by atoms with Crippen molar-refractivity contribution in [1.82, 2.24) is 0 Å². The van der Waals surface area contributed by atoms with Crippen LogP contribution in [0.2, 0.25) is 0 Å². The quantitative estimate of drug-likeness (QED) is 0.491. The molecule has 1 heteroatoms. The summed E-state index contributed by atoms with van der Waals surface area (Å²) in [6, 6.07) is 10.7. The maximum atomic E-state index is 2.28. The van der Waals surface area contributed by atoms with Gasteiger partial charge in [-0.3, -0.25) is 0 Å². The third-order valence-corrected chi connectivity index (χ3v) is 3.32. The van der Waals surface area contributed by atoms with E-state index in [1.54, 1.807) is 0 Å². The van der Waals surface area contributed by atoms with E-state index in [9.17, 15) is 0 Å². The van der Waals surface area contributed by atoms with Gasteiger partial charge in [0.15, 0.2) is 0 Å². The fourth-order valence-corrected chi connectivity index (χ4v) is 2.43. The monoisotopic (exact) mass is 176 g/mol. The van der Waals surface area contributed by atoms with Crippen LogP contribution in [0.3, 0.4) is 0 Å². The van der Waals surface area contributed by atoms with Crippen molar-refractivity contribution in [1.29, 1.82) is 0 Å². The average molecular weight is 176 g/mol. The maximum Gasteiger partial charge on any atom is 0.0457 e. The largest absolute Gasteiger partial charge is 0.143 e. The van der Waals surface area contributed by atoms with Gasteiger partial charge in [-0.1, -0.05) is 42.5 Å². The zero-order chi connectivity index (χ0) is 8.39. The molecule has 0 N–H and O–H groups in total. The molecule has 0 saturated carbocycles. The summed E-state index contributed by atoms with van der Waals surface area (Å²) in [5, 5.41) is 1.46. The molecule has 0 aliphatic carbocycles. The predicted molar refractivity (Wildman–Crippen MR) is 55.4 cm³/mol. The molecular formula is C11H12S. The van der Waals surface area contributed by atoms with E-state index in [4.69, 9.17) is 0 Å². The van der Waals surface area contributed by atoms with Crippen LogP contribution in [0.15, 0.2) is 42.5 Å². The van der Waals surface area contributed by atoms with Crippen LogP contribution in [0, 0.1) is 0 Å². The van der Waals surface area contributed by atoms with Crippen molar-refractivity contribution in [3.63, 3.8) is 0 Å². The van der Waals surface area contributed by atoms with Crippen molar-refractivity contribution < 1.29 is 0 Å². The van der Waals surface area contributed by atoms with Gasteiger partial charge in [-0.15, -0.1) is 11.8 Å². The van der Waals surface area contributed by atoms with Crippen LogP contribution in [0.1, 0.15) is 17.7 Å². The molecule has 0 aromatic heterocycles. The Labute approximate surface area is 77.7 Å². The highest BCUT2D eigenvalue weighted by molar-refractivity contribution is 8.07. The molecule has 62 valence electrons. The van der Waals surface area contributed by atoms with Gasteiger partial charge in [-0.05, 0) is 12.5 Å². The van der Waals surface area contributed by atoms with Gasteiger partial charge in [0, 0.05) is 10.5 Å². The molecule has 1 aromatic carbocycles. The summed E-state index contributed by atoms with van der Waals surface area (Å²) in [4.78, 5) is 0. The molecule has 0 spiro atoms. The van der Waals surface area contributed by atoms with Crippen molar-refractivity contribution in [2.45, 2.75) is 17.4 Å². The lowest BCUT2D eigenvalue weighted by atomic mass is 10.1. The minimum absolute atomic E-state index is 0.724. The smallest absolute Gasteiger partial charge is 0.0457 e. The van der Waals surface area contributed by atoms with E-state index >= 15 is 0 Å². The van der Waals surface area contributed by atoms with Gasteiger partial charge in [0.25, 0.3) is 0 Å². The molecule has 1 heterocycles. The molecule has 1 aliphatic rings. The van der Waals surface area contributed by atoms with Crippen LogP contribution in [-0.4, -0.2) is 5.25 Å². The molecule has 0 nitrogen and oxygen atoms in total. The van der Waals surface area contributed by atoms with Crippen LogP contribution < -0.4 is 0 Å². The molecule has 1 aromatic rings. The maximum absolute atomic E-state index is 2.28. The third-order valence-electron chi connectivity index (χ3n) is 2.04. The summed E-state index contributed by atoms with van der Waals surface area (Å²) < 4.78 is 0. The fraction of sp³-hybridized carbons (Fsp3) is 0.273. The van der Waals surface area contributed by atoms with E-state index in [1.807, 2.05) is 11.8 Å². The molecule has 0 radical (unpaired) electrons. The molecule has 0 amide bonds. The minimum atomic E-state index is 0.724. The molecule has 12 heavy (non-hydrogen) atoms. The highest BCUT2D eigenvalue weighted by Gasteiger charge is 2.36. The second kappa shape index (κ2) is 3.36. The Morgan fingerprint density at radius 2 is 2.00 bits per heavy atom. The summed E-state index contributed by atoms with van der Waals surface area (Å²) in [7, 11) is 0. The molecule has 0 bridgehead atoms. The molecular weight excluding hydrogens is 164 g/mol. The summed E-state index contributed by atoms with van der Waals surface area (Å²) in [6.45, 7) is 2.08. The van der Waals surface area contributed by atoms with E-state index in [-0.39, 0.29) is 0 Å². The Hall–Kier alpha value is -0.690. The Morgan fingerprint density at radius 1 is 1.25 bits per heavy atom. The molecule has 1 aliphatic heterocycles. The van der Waals surface area contributed by atoms with E-state index in [0.717, 1.165) is 10.5 Å². The van der Waals surface area contributed by atoms with Crippen LogP contribution in [-0.2, 0) is 0 Å². The lowest BCUT2D eigenvalue weighted by Crippen LogP contribution is -1.82. The second-order valence-corrected chi connectivity index (χ2v) is 4.28. The fourth-order valence-electron chi connectivity index (χ4n) is 1.37. The molecule has 1 saturated heterocycles. The standard InChI is InChI=1S/C11H12S/c1-2-6-10-11(12-10)9-7-4-3-5-8-9/h2-8,10-11H,1H3/b6-2+. The second-order valence-electron chi connectivity index (χ2n) is 2.96. The highest BCUT2D eigenvalue weighted by Crippen LogP contribution is 2.55. The number of rotatable bonds is 2. The van der Waals surface area contributed by atoms with Gasteiger partial charge in [-0.25, -0.2) is 0 Å². The Kier molecular flexibility index (Phi) is 2.22. The van der Waals surface area contributed by atoms with E-state index in [2.05, 4.69) is 49.4 Å². The summed E-state index contributed by atoms with van der Waals surface area (Å²) in [5.74, 6) is 0. The van der Waals surface area contributed by atoms with E-state index < -0.39 is 0 Å². The van der Waals surface area contributed by atoms with Gasteiger partial charge in [-0.2, -0.15) is 0 Å². The summed E-state index contributed by atoms with van der Waals surface area (Å²) in [5.41, 5.74) is 1.46. The number of hydrogen-bond donors (Lipinski definition) is 0. The highest BCUT2D eigenvalue weighted by atomic mass is 32.2. The van der Waals surface area contributed by atoms with Crippen LogP contribution >= 0.6 is 11.8 Å². The molecule has 2 rings (SSSR count). The SMILES string of the molecule is C/C=C/C1SC1c1ccccc1. The first kappa shape index (κ1) is 7.93. The Balaban J connectivity index is 2.06. The average Bonchev–Trinajstić information content (AvgIpc) is 2.87. The lowest BCUT2D eigenvalue weighted by Gasteiger charge is -1.93.